The number of aliphatic imine (C=N–C) groups is 1. The zero-order valence-electron chi connectivity index (χ0n) is 15.1. The molecule has 0 radical (unpaired) electrons. The number of nitrogens with zero attached hydrogens (tertiary/aromatic N) is 1. The average Bonchev–Trinajstić information content (AvgIpc) is 2.61. The molecule has 1 aliphatic heterocycles. The molecule has 0 spiro atoms. The van der Waals surface area contributed by atoms with Crippen molar-refractivity contribution in [1.29, 1.82) is 0 Å². The number of ketones is 1. The Morgan fingerprint density at radius 1 is 1.04 bits per heavy atom. The van der Waals surface area contributed by atoms with Crippen LogP contribution in [0.5, 0.6) is 0 Å². The summed E-state index contributed by atoms with van der Waals surface area (Å²) in [7, 11) is 0. The summed E-state index contributed by atoms with van der Waals surface area (Å²) in [6, 6.07) is 17.1. The van der Waals surface area contributed by atoms with Gasteiger partial charge in [0, 0.05) is 37.3 Å². The number of rotatable bonds is 4. The van der Waals surface area contributed by atoms with Crippen LogP contribution in [0.1, 0.15) is 36.7 Å². The van der Waals surface area contributed by atoms with Crippen molar-refractivity contribution in [2.24, 2.45) is 4.99 Å². The van der Waals surface area contributed by atoms with E-state index in [2.05, 4.69) is 4.99 Å². The monoisotopic (exact) mass is 347 g/mol. The van der Waals surface area contributed by atoms with E-state index in [9.17, 15) is 4.79 Å². The number of ether oxygens (including phenoxy) is 2. The van der Waals surface area contributed by atoms with E-state index in [1.807, 2.05) is 62.4 Å². The number of hydrogen-bond acceptors (Lipinski definition) is 4. The van der Waals surface area contributed by atoms with Crippen molar-refractivity contribution in [3.63, 3.8) is 0 Å². The highest BCUT2D eigenvalue weighted by Crippen LogP contribution is 2.32. The van der Waals surface area contributed by atoms with Gasteiger partial charge >= 0.3 is 0 Å². The Morgan fingerprint density at radius 2 is 1.81 bits per heavy atom. The zero-order valence-corrected chi connectivity index (χ0v) is 15.1. The molecule has 0 aliphatic carbocycles. The summed E-state index contributed by atoms with van der Waals surface area (Å²) in [6.45, 7) is 5.27. The molecule has 0 fully saturated rings. The number of Topliss-reactive ketones (excluding diaryl/α,β-unsaturated/α-hetero) is 1. The van der Waals surface area contributed by atoms with Crippen LogP contribution < -0.4 is 0 Å². The Labute approximate surface area is 153 Å². The zero-order chi connectivity index (χ0) is 18.6. The summed E-state index contributed by atoms with van der Waals surface area (Å²) in [5.74, 6) is 0.658. The van der Waals surface area contributed by atoms with E-state index in [4.69, 9.17) is 9.47 Å². The predicted molar refractivity (Wildman–Crippen MR) is 103 cm³/mol. The molecule has 0 amide bonds. The van der Waals surface area contributed by atoms with Crippen LogP contribution in [-0.2, 0) is 9.47 Å². The first-order chi connectivity index (χ1) is 12.4. The smallest absolute Gasteiger partial charge is 0.245 e. The largest absolute Gasteiger partial charge is 0.453 e. The van der Waals surface area contributed by atoms with Crippen LogP contribution in [0.3, 0.4) is 0 Å². The minimum atomic E-state index is -0.770. The second kappa shape index (κ2) is 7.40. The minimum absolute atomic E-state index is 0.0188. The van der Waals surface area contributed by atoms with Crippen molar-refractivity contribution >= 4 is 23.4 Å². The molecule has 132 valence electrons. The maximum absolute atomic E-state index is 11.5. The molecule has 0 saturated carbocycles. The number of allylic oxidation sites excluding steroid dienone is 2. The highest BCUT2D eigenvalue weighted by molar-refractivity contribution is 5.95. The van der Waals surface area contributed by atoms with Crippen molar-refractivity contribution in [3.8, 4) is 0 Å². The molecular weight excluding hydrogens is 326 g/mol. The van der Waals surface area contributed by atoms with Crippen molar-refractivity contribution in [2.75, 3.05) is 0 Å². The highest BCUT2D eigenvalue weighted by Gasteiger charge is 2.28. The topological polar surface area (TPSA) is 47.9 Å². The Balaban J connectivity index is 1.85. The summed E-state index contributed by atoms with van der Waals surface area (Å²) in [5, 5.41) is 0. The minimum Gasteiger partial charge on any atom is -0.453 e. The molecule has 4 nitrogen and oxygen atoms in total. The van der Waals surface area contributed by atoms with Crippen molar-refractivity contribution in [1.82, 2.24) is 0 Å². The fourth-order valence-electron chi connectivity index (χ4n) is 2.59. The van der Waals surface area contributed by atoms with E-state index in [0.717, 1.165) is 11.3 Å². The van der Waals surface area contributed by atoms with E-state index < -0.39 is 5.79 Å². The number of benzene rings is 2. The number of carbonyl (C=O) groups excluding carboxylic acids is 1. The normalized spacial score (nSPS) is 17.5. The van der Waals surface area contributed by atoms with Crippen LogP contribution in [0.2, 0.25) is 0 Å². The molecule has 4 heteroatoms. The van der Waals surface area contributed by atoms with Crippen molar-refractivity contribution in [3.05, 3.63) is 83.6 Å². The highest BCUT2D eigenvalue weighted by atomic mass is 16.7. The molecule has 0 N–H and O–H groups in total. The lowest BCUT2D eigenvalue weighted by atomic mass is 10.1. The van der Waals surface area contributed by atoms with Crippen LogP contribution in [0.25, 0.3) is 5.76 Å². The molecule has 0 aromatic heterocycles. The fourth-order valence-corrected chi connectivity index (χ4v) is 2.59. The van der Waals surface area contributed by atoms with Gasteiger partial charge < -0.3 is 9.47 Å². The average molecular weight is 347 g/mol. The van der Waals surface area contributed by atoms with Gasteiger partial charge in [-0.25, -0.2) is 0 Å². The molecule has 1 heterocycles. The molecule has 0 unspecified atom stereocenters. The Hall–Kier alpha value is -3.14. The molecule has 0 bridgehead atoms. The molecule has 0 saturated heterocycles. The Bertz CT molecular complexity index is 893. The summed E-state index contributed by atoms with van der Waals surface area (Å²) in [5.41, 5.74) is 2.34. The SMILES string of the molecule is CC(=O)c1cccc(N=C/C=C2/C=C(c3ccccc3)OC(C)(C)O2)c1. The van der Waals surface area contributed by atoms with Crippen LogP contribution in [-0.4, -0.2) is 17.8 Å². The van der Waals surface area contributed by atoms with Gasteiger partial charge in [0.25, 0.3) is 0 Å². The first-order valence-corrected chi connectivity index (χ1v) is 8.43. The molecule has 0 atom stereocenters. The first kappa shape index (κ1) is 17.7. The van der Waals surface area contributed by atoms with Crippen molar-refractivity contribution < 1.29 is 14.3 Å². The molecule has 26 heavy (non-hydrogen) atoms. The van der Waals surface area contributed by atoms with Crippen LogP contribution in [0, 0.1) is 0 Å². The number of hydrogen-bond donors (Lipinski definition) is 0. The lowest BCUT2D eigenvalue weighted by Crippen LogP contribution is -2.30. The number of carbonyl (C=O) groups is 1. The van der Waals surface area contributed by atoms with Gasteiger partial charge in [-0.3, -0.25) is 9.79 Å². The fraction of sp³-hybridized carbons (Fsp3) is 0.182. The van der Waals surface area contributed by atoms with E-state index in [1.165, 1.54) is 0 Å². The quantitative estimate of drug-likeness (QED) is 0.557. The lowest BCUT2D eigenvalue weighted by Gasteiger charge is -2.33. The van der Waals surface area contributed by atoms with Crippen LogP contribution in [0.15, 0.2) is 77.5 Å². The van der Waals surface area contributed by atoms with Gasteiger partial charge in [0.15, 0.2) is 5.78 Å². The Kier molecular flexibility index (Phi) is 5.03. The van der Waals surface area contributed by atoms with Crippen molar-refractivity contribution in [2.45, 2.75) is 26.6 Å². The van der Waals surface area contributed by atoms with Gasteiger partial charge in [-0.15, -0.1) is 0 Å². The lowest BCUT2D eigenvalue weighted by molar-refractivity contribution is -0.149. The summed E-state index contributed by atoms with van der Waals surface area (Å²) in [6.07, 6.45) is 5.29. The van der Waals surface area contributed by atoms with Gasteiger partial charge in [-0.1, -0.05) is 42.5 Å². The maximum Gasteiger partial charge on any atom is 0.245 e. The third-order valence-corrected chi connectivity index (χ3v) is 3.77. The van der Waals surface area contributed by atoms with E-state index in [-0.39, 0.29) is 5.78 Å². The molecule has 3 rings (SSSR count). The Morgan fingerprint density at radius 3 is 2.54 bits per heavy atom. The summed E-state index contributed by atoms with van der Waals surface area (Å²) in [4.78, 5) is 15.8. The maximum atomic E-state index is 11.5. The molecular formula is C22H21NO3. The van der Waals surface area contributed by atoms with Crippen LogP contribution >= 0.6 is 0 Å². The van der Waals surface area contributed by atoms with E-state index >= 15 is 0 Å². The predicted octanol–water partition coefficient (Wildman–Crippen LogP) is 5.30. The van der Waals surface area contributed by atoms with Gasteiger partial charge in [-0.2, -0.15) is 0 Å². The standard InChI is InChI=1S/C22H21NO3/c1-16(24)18-10-7-11-19(14-18)23-13-12-20-15-21(26-22(2,3)25-20)17-8-5-4-6-9-17/h4-15H,1-3H3/b20-12-,23-13?. The van der Waals surface area contributed by atoms with Gasteiger partial charge in [0.05, 0.1) is 5.69 Å². The van der Waals surface area contributed by atoms with Gasteiger partial charge in [-0.05, 0) is 25.1 Å². The third kappa shape index (κ3) is 4.48. The summed E-state index contributed by atoms with van der Waals surface area (Å²) < 4.78 is 11.8. The molecule has 2 aromatic carbocycles. The second-order valence-corrected chi connectivity index (χ2v) is 6.43. The molecule has 2 aromatic rings. The molecule has 1 aliphatic rings. The summed E-state index contributed by atoms with van der Waals surface area (Å²) >= 11 is 0. The first-order valence-electron chi connectivity index (χ1n) is 8.43. The second-order valence-electron chi connectivity index (χ2n) is 6.43. The van der Waals surface area contributed by atoms with E-state index in [1.54, 1.807) is 31.3 Å². The van der Waals surface area contributed by atoms with Gasteiger partial charge in [0.1, 0.15) is 11.5 Å². The van der Waals surface area contributed by atoms with E-state index in [0.29, 0.717) is 17.0 Å². The van der Waals surface area contributed by atoms with Gasteiger partial charge in [0.2, 0.25) is 5.79 Å². The third-order valence-electron chi connectivity index (χ3n) is 3.77. The van der Waals surface area contributed by atoms with Crippen LogP contribution in [0.4, 0.5) is 5.69 Å².